The van der Waals surface area contributed by atoms with E-state index in [-0.39, 0.29) is 17.7 Å². The van der Waals surface area contributed by atoms with Crippen molar-refractivity contribution < 1.29 is 14.3 Å². The Morgan fingerprint density at radius 3 is 2.55 bits per heavy atom. The number of benzene rings is 2. The summed E-state index contributed by atoms with van der Waals surface area (Å²) in [5, 5.41) is 9.58. The van der Waals surface area contributed by atoms with E-state index in [0.717, 1.165) is 27.1 Å². The van der Waals surface area contributed by atoms with Gasteiger partial charge in [0, 0.05) is 16.8 Å². The fraction of sp³-hybridized carbons (Fsp3) is 0.120. The molecule has 33 heavy (non-hydrogen) atoms. The number of nitrogens with one attached hydrogen (secondary N) is 1. The summed E-state index contributed by atoms with van der Waals surface area (Å²) in [4.78, 5) is 38.5. The summed E-state index contributed by atoms with van der Waals surface area (Å²) in [5.74, 6) is -1.03. The van der Waals surface area contributed by atoms with Gasteiger partial charge in [-0.1, -0.05) is 48.0 Å². The van der Waals surface area contributed by atoms with E-state index in [9.17, 15) is 14.4 Å². The van der Waals surface area contributed by atoms with Crippen molar-refractivity contribution in [1.82, 2.24) is 9.78 Å². The minimum Gasteiger partial charge on any atom is -0.461 e. The maximum atomic E-state index is 13.4. The van der Waals surface area contributed by atoms with E-state index in [4.69, 9.17) is 4.74 Å². The molecule has 4 aromatic rings. The molecule has 166 valence electrons. The van der Waals surface area contributed by atoms with Gasteiger partial charge in [0.05, 0.1) is 17.7 Å². The number of carbonyl (C=O) groups is 2. The lowest BCUT2D eigenvalue weighted by atomic mass is 10.2. The Balaban J connectivity index is 1.79. The van der Waals surface area contributed by atoms with Crippen LogP contribution in [0.3, 0.4) is 0 Å². The molecule has 7 nitrogen and oxygen atoms in total. The van der Waals surface area contributed by atoms with E-state index in [0.29, 0.717) is 16.1 Å². The number of esters is 1. The summed E-state index contributed by atoms with van der Waals surface area (Å²) < 4.78 is 6.32. The zero-order chi connectivity index (χ0) is 23.4. The average Bonchev–Trinajstić information content (AvgIpc) is 3.23. The van der Waals surface area contributed by atoms with Crippen LogP contribution in [0.1, 0.15) is 28.5 Å². The molecule has 0 bridgehead atoms. The van der Waals surface area contributed by atoms with Crippen LogP contribution in [0.15, 0.2) is 70.8 Å². The molecule has 0 aliphatic heterocycles. The first-order valence-corrected chi connectivity index (χ1v) is 11.2. The zero-order valence-electron chi connectivity index (χ0n) is 18.1. The third-order valence-corrected chi connectivity index (χ3v) is 5.76. The summed E-state index contributed by atoms with van der Waals surface area (Å²) in [6, 6.07) is 16.6. The van der Waals surface area contributed by atoms with E-state index < -0.39 is 17.4 Å². The summed E-state index contributed by atoms with van der Waals surface area (Å²) in [5.41, 5.74) is 1.98. The molecule has 1 amide bonds. The Kier molecular flexibility index (Phi) is 6.46. The van der Waals surface area contributed by atoms with E-state index in [2.05, 4.69) is 10.4 Å². The number of thiophene rings is 1. The highest BCUT2D eigenvalue weighted by atomic mass is 32.1. The van der Waals surface area contributed by atoms with Crippen molar-refractivity contribution in [1.29, 1.82) is 0 Å². The number of nitrogens with zero attached hydrogens (tertiary/aromatic N) is 2. The molecule has 0 unspecified atom stereocenters. The van der Waals surface area contributed by atoms with E-state index in [1.807, 2.05) is 49.4 Å². The second kappa shape index (κ2) is 9.62. The van der Waals surface area contributed by atoms with Gasteiger partial charge < -0.3 is 10.1 Å². The maximum absolute atomic E-state index is 13.4. The smallest absolute Gasteiger partial charge is 0.359 e. The largest absolute Gasteiger partial charge is 0.461 e. The fourth-order valence-corrected chi connectivity index (χ4v) is 4.18. The molecule has 4 rings (SSSR count). The molecule has 1 N–H and O–H groups in total. The van der Waals surface area contributed by atoms with Crippen molar-refractivity contribution >= 4 is 45.1 Å². The molecule has 2 aromatic carbocycles. The molecular formula is C25H21N3O4S. The maximum Gasteiger partial charge on any atom is 0.359 e. The lowest BCUT2D eigenvalue weighted by Gasteiger charge is -2.10. The van der Waals surface area contributed by atoms with E-state index in [1.54, 1.807) is 30.5 Å². The zero-order valence-corrected chi connectivity index (χ0v) is 18.9. The number of ether oxygens (including phenoxy) is 1. The lowest BCUT2D eigenvalue weighted by Crippen LogP contribution is -2.25. The first-order chi connectivity index (χ1) is 16.0. The predicted octanol–water partition coefficient (Wildman–Crippen LogP) is 4.58. The van der Waals surface area contributed by atoms with Crippen LogP contribution in [-0.2, 0) is 9.53 Å². The van der Waals surface area contributed by atoms with Gasteiger partial charge in [-0.05, 0) is 37.6 Å². The van der Waals surface area contributed by atoms with Gasteiger partial charge in [0.25, 0.3) is 5.56 Å². The van der Waals surface area contributed by atoms with Gasteiger partial charge in [-0.3, -0.25) is 9.59 Å². The average molecular weight is 460 g/mol. The van der Waals surface area contributed by atoms with Gasteiger partial charge in [-0.15, -0.1) is 11.3 Å². The lowest BCUT2D eigenvalue weighted by molar-refractivity contribution is -0.111. The highest BCUT2D eigenvalue weighted by Gasteiger charge is 2.22. The Labute approximate surface area is 193 Å². The molecule has 2 heterocycles. The van der Waals surface area contributed by atoms with Gasteiger partial charge in [0.2, 0.25) is 5.91 Å². The third kappa shape index (κ3) is 4.75. The molecule has 0 radical (unpaired) electrons. The predicted molar refractivity (Wildman–Crippen MR) is 130 cm³/mol. The summed E-state index contributed by atoms with van der Waals surface area (Å²) in [6.45, 7) is 3.80. The number of hydrogen-bond acceptors (Lipinski definition) is 6. The van der Waals surface area contributed by atoms with Crippen LogP contribution < -0.4 is 10.9 Å². The number of carbonyl (C=O) groups excluding carboxylic acids is 2. The Bertz CT molecular complexity index is 1400. The highest BCUT2D eigenvalue weighted by Crippen LogP contribution is 2.30. The van der Waals surface area contributed by atoms with Gasteiger partial charge in [-0.2, -0.15) is 9.78 Å². The standard InChI is InChI=1S/C25H21N3O4S/c1-3-32-25(31)22-19-15-33-23(26-20(29)14-11-17-7-5-4-6-8-17)21(19)24(30)28(27-22)18-12-9-16(2)10-13-18/h4-15H,3H2,1-2H3,(H,26,29). The number of anilines is 1. The molecule has 0 atom stereocenters. The van der Waals surface area contributed by atoms with Crippen molar-refractivity contribution in [3.63, 3.8) is 0 Å². The first-order valence-electron chi connectivity index (χ1n) is 10.3. The molecule has 0 fully saturated rings. The highest BCUT2D eigenvalue weighted by molar-refractivity contribution is 7.16. The Hall–Kier alpha value is -4.04. The SMILES string of the molecule is CCOC(=O)c1nn(-c2ccc(C)cc2)c(=O)c2c(NC(=O)C=Cc3ccccc3)scc12. The van der Waals surface area contributed by atoms with Crippen LogP contribution in [0, 0.1) is 6.92 Å². The van der Waals surface area contributed by atoms with Crippen molar-refractivity contribution in [2.45, 2.75) is 13.8 Å². The molecule has 0 aliphatic carbocycles. The third-order valence-electron chi connectivity index (χ3n) is 4.86. The molecule has 0 saturated heterocycles. The topological polar surface area (TPSA) is 90.3 Å². The summed E-state index contributed by atoms with van der Waals surface area (Å²) in [6.07, 6.45) is 3.08. The molecule has 0 saturated carbocycles. The minimum atomic E-state index is -0.636. The van der Waals surface area contributed by atoms with Crippen LogP contribution in [0.4, 0.5) is 5.00 Å². The Morgan fingerprint density at radius 2 is 1.85 bits per heavy atom. The number of hydrogen-bond donors (Lipinski definition) is 1. The second-order valence-electron chi connectivity index (χ2n) is 7.21. The summed E-state index contributed by atoms with van der Waals surface area (Å²) >= 11 is 1.16. The van der Waals surface area contributed by atoms with Crippen molar-refractivity contribution in [2.24, 2.45) is 0 Å². The first kappa shape index (κ1) is 22.2. The number of aryl methyl sites for hydroxylation is 1. The van der Waals surface area contributed by atoms with Crippen LogP contribution in [0.25, 0.3) is 22.5 Å². The van der Waals surface area contributed by atoms with Gasteiger partial charge >= 0.3 is 5.97 Å². The quantitative estimate of drug-likeness (QED) is 0.337. The van der Waals surface area contributed by atoms with Gasteiger partial charge in [0.15, 0.2) is 5.69 Å². The van der Waals surface area contributed by atoms with E-state index in [1.165, 1.54) is 6.08 Å². The van der Waals surface area contributed by atoms with Crippen molar-refractivity contribution in [2.75, 3.05) is 11.9 Å². The Morgan fingerprint density at radius 1 is 1.12 bits per heavy atom. The number of rotatable bonds is 6. The molecule has 0 aliphatic rings. The van der Waals surface area contributed by atoms with Crippen LogP contribution >= 0.6 is 11.3 Å². The fourth-order valence-electron chi connectivity index (χ4n) is 3.24. The van der Waals surface area contributed by atoms with E-state index >= 15 is 0 Å². The molecule has 2 aromatic heterocycles. The van der Waals surface area contributed by atoms with Crippen LogP contribution in [-0.4, -0.2) is 28.3 Å². The number of aromatic nitrogens is 2. The molecule has 8 heteroatoms. The van der Waals surface area contributed by atoms with Crippen molar-refractivity contribution in [3.8, 4) is 5.69 Å². The van der Waals surface area contributed by atoms with Gasteiger partial charge in [0.1, 0.15) is 5.00 Å². The monoisotopic (exact) mass is 459 g/mol. The molecule has 0 spiro atoms. The second-order valence-corrected chi connectivity index (χ2v) is 8.09. The van der Waals surface area contributed by atoms with Crippen LogP contribution in [0.5, 0.6) is 0 Å². The van der Waals surface area contributed by atoms with Crippen molar-refractivity contribution in [3.05, 3.63) is 93.2 Å². The summed E-state index contributed by atoms with van der Waals surface area (Å²) in [7, 11) is 0. The normalized spacial score (nSPS) is 11.1. The number of amides is 1. The minimum absolute atomic E-state index is 0.0172. The van der Waals surface area contributed by atoms with Crippen LogP contribution in [0.2, 0.25) is 0 Å². The number of fused-ring (bicyclic) bond motifs is 1. The molecular weight excluding hydrogens is 438 g/mol. The van der Waals surface area contributed by atoms with Gasteiger partial charge in [-0.25, -0.2) is 4.79 Å².